The molecule has 2 aromatic rings. The van der Waals surface area contributed by atoms with E-state index in [0.29, 0.717) is 5.92 Å². The Kier molecular flexibility index (Phi) is 6.49. The number of piperidine rings is 1. The number of carbonyl (C=O) groups excluding carboxylic acids is 1. The van der Waals surface area contributed by atoms with Gasteiger partial charge in [-0.05, 0) is 63.4 Å². The number of nitrogens with one attached hydrogen (secondary N) is 2. The van der Waals surface area contributed by atoms with Gasteiger partial charge < -0.3 is 19.9 Å². The molecule has 0 unspecified atom stereocenters. The molecule has 170 valence electrons. The number of amides is 1. The minimum atomic E-state index is -0.348. The molecule has 1 aromatic carbocycles. The smallest absolute Gasteiger partial charge is 0.291 e. The summed E-state index contributed by atoms with van der Waals surface area (Å²) in [7, 11) is 4.26. The van der Waals surface area contributed by atoms with E-state index in [0.717, 1.165) is 63.4 Å². The van der Waals surface area contributed by atoms with Crippen LogP contribution in [0.3, 0.4) is 0 Å². The highest BCUT2D eigenvalue weighted by Gasteiger charge is 2.37. The zero-order valence-electron chi connectivity index (χ0n) is 19.1. The first-order chi connectivity index (χ1) is 15.4. The van der Waals surface area contributed by atoms with Gasteiger partial charge in [0.25, 0.3) is 5.91 Å². The van der Waals surface area contributed by atoms with Crippen LogP contribution in [0.1, 0.15) is 54.5 Å². The van der Waals surface area contributed by atoms with Crippen molar-refractivity contribution in [3.8, 4) is 6.07 Å². The number of carbonyl (C=O) groups is 1. The molecular formula is C24H32N6O2. The first kappa shape index (κ1) is 22.3. The molecule has 4 rings (SSSR count). The number of imidazole rings is 1. The number of nitriles is 1. The van der Waals surface area contributed by atoms with Gasteiger partial charge in [0.15, 0.2) is 5.82 Å². The molecule has 0 saturated carbocycles. The molecular weight excluding hydrogens is 404 g/mol. The largest absolute Gasteiger partial charge is 0.381 e. The second-order valence-electron chi connectivity index (χ2n) is 9.15. The molecule has 8 heteroatoms. The van der Waals surface area contributed by atoms with Gasteiger partial charge in [-0.25, -0.2) is 4.98 Å². The van der Waals surface area contributed by atoms with E-state index in [2.05, 4.69) is 58.2 Å². The van der Waals surface area contributed by atoms with E-state index in [1.165, 1.54) is 11.8 Å². The summed E-state index contributed by atoms with van der Waals surface area (Å²) in [6.07, 6.45) is 5.51. The van der Waals surface area contributed by atoms with Crippen LogP contribution in [0.15, 0.2) is 24.4 Å². The lowest BCUT2D eigenvalue weighted by atomic mass is 9.81. The van der Waals surface area contributed by atoms with Gasteiger partial charge in [0.2, 0.25) is 0 Å². The molecule has 1 aromatic heterocycles. The van der Waals surface area contributed by atoms with Crippen molar-refractivity contribution in [1.82, 2.24) is 14.9 Å². The van der Waals surface area contributed by atoms with Crippen molar-refractivity contribution < 1.29 is 9.53 Å². The Morgan fingerprint density at radius 3 is 2.66 bits per heavy atom. The lowest BCUT2D eigenvalue weighted by Gasteiger charge is -2.44. The second-order valence-corrected chi connectivity index (χ2v) is 9.15. The average Bonchev–Trinajstić information content (AvgIpc) is 3.30. The van der Waals surface area contributed by atoms with Gasteiger partial charge >= 0.3 is 0 Å². The van der Waals surface area contributed by atoms with Crippen LogP contribution < -0.4 is 10.2 Å². The molecule has 2 aliphatic heterocycles. The maximum atomic E-state index is 12.8. The van der Waals surface area contributed by atoms with E-state index in [9.17, 15) is 4.79 Å². The third-order valence-corrected chi connectivity index (χ3v) is 6.99. The molecule has 2 saturated heterocycles. The maximum absolute atomic E-state index is 12.8. The highest BCUT2D eigenvalue weighted by atomic mass is 16.5. The predicted octanol–water partition coefficient (Wildman–Crippen LogP) is 3.34. The van der Waals surface area contributed by atoms with Crippen LogP contribution in [0.4, 0.5) is 11.4 Å². The molecule has 0 spiro atoms. The number of anilines is 2. The fourth-order valence-corrected chi connectivity index (χ4v) is 4.82. The fraction of sp³-hybridized carbons (Fsp3) is 0.542. The Balaban J connectivity index is 1.69. The summed E-state index contributed by atoms with van der Waals surface area (Å²) in [6.45, 7) is 5.71. The van der Waals surface area contributed by atoms with Crippen LogP contribution in [0.5, 0.6) is 0 Å². The molecule has 3 heterocycles. The summed E-state index contributed by atoms with van der Waals surface area (Å²) in [4.78, 5) is 24.3. The molecule has 0 atom stereocenters. The fourth-order valence-electron chi connectivity index (χ4n) is 4.82. The summed E-state index contributed by atoms with van der Waals surface area (Å²) in [5, 5.41) is 12.0. The minimum absolute atomic E-state index is 0.0820. The van der Waals surface area contributed by atoms with Gasteiger partial charge in [0, 0.05) is 31.8 Å². The van der Waals surface area contributed by atoms with E-state index in [-0.39, 0.29) is 23.0 Å². The van der Waals surface area contributed by atoms with Crippen LogP contribution in [0.25, 0.3) is 0 Å². The zero-order chi connectivity index (χ0) is 22.7. The first-order valence-electron chi connectivity index (χ1n) is 11.3. The number of nitrogens with zero attached hydrogens (tertiary/aromatic N) is 4. The van der Waals surface area contributed by atoms with Crippen molar-refractivity contribution >= 4 is 17.3 Å². The monoisotopic (exact) mass is 436 g/mol. The molecule has 2 aliphatic rings. The Morgan fingerprint density at radius 2 is 2.03 bits per heavy atom. The second kappa shape index (κ2) is 9.31. The zero-order valence-corrected chi connectivity index (χ0v) is 19.1. The SMILES string of the molecule is CC1CCN(c2cc(C3(N(C)C)CCOCC3)ccc2NC(=O)c2ncc(C#N)[nH]2)CC1. The number of aromatic nitrogens is 2. The Hall–Kier alpha value is -2.89. The molecule has 1 amide bonds. The summed E-state index contributed by atoms with van der Waals surface area (Å²) in [6, 6.07) is 8.35. The molecule has 32 heavy (non-hydrogen) atoms. The Bertz CT molecular complexity index is 994. The Labute approximate surface area is 189 Å². The molecule has 8 nitrogen and oxygen atoms in total. The van der Waals surface area contributed by atoms with Crippen molar-refractivity contribution in [2.45, 2.75) is 38.1 Å². The van der Waals surface area contributed by atoms with Gasteiger partial charge in [-0.3, -0.25) is 9.69 Å². The number of aromatic amines is 1. The van der Waals surface area contributed by atoms with Gasteiger partial charge in [-0.1, -0.05) is 13.0 Å². The molecule has 2 N–H and O–H groups in total. The van der Waals surface area contributed by atoms with Gasteiger partial charge in [-0.15, -0.1) is 0 Å². The predicted molar refractivity (Wildman–Crippen MR) is 124 cm³/mol. The summed E-state index contributed by atoms with van der Waals surface area (Å²) >= 11 is 0. The third kappa shape index (κ3) is 4.36. The summed E-state index contributed by atoms with van der Waals surface area (Å²) in [5.74, 6) is 0.501. The number of rotatable bonds is 5. The topological polar surface area (TPSA) is 97.3 Å². The van der Waals surface area contributed by atoms with Crippen LogP contribution in [-0.2, 0) is 10.3 Å². The van der Waals surface area contributed by atoms with Crippen molar-refractivity contribution in [2.24, 2.45) is 5.92 Å². The van der Waals surface area contributed by atoms with E-state index >= 15 is 0 Å². The van der Waals surface area contributed by atoms with E-state index in [1.54, 1.807) is 0 Å². The van der Waals surface area contributed by atoms with Crippen LogP contribution in [0.2, 0.25) is 0 Å². The highest BCUT2D eigenvalue weighted by molar-refractivity contribution is 6.03. The van der Waals surface area contributed by atoms with Crippen LogP contribution in [-0.4, -0.2) is 61.2 Å². The van der Waals surface area contributed by atoms with Crippen LogP contribution >= 0.6 is 0 Å². The van der Waals surface area contributed by atoms with Gasteiger partial charge in [0.1, 0.15) is 11.8 Å². The van der Waals surface area contributed by atoms with E-state index in [4.69, 9.17) is 10.00 Å². The van der Waals surface area contributed by atoms with E-state index < -0.39 is 0 Å². The van der Waals surface area contributed by atoms with Crippen molar-refractivity contribution in [3.63, 3.8) is 0 Å². The van der Waals surface area contributed by atoms with Crippen molar-refractivity contribution in [1.29, 1.82) is 5.26 Å². The van der Waals surface area contributed by atoms with Crippen molar-refractivity contribution in [3.05, 3.63) is 41.5 Å². The lowest BCUT2D eigenvalue weighted by molar-refractivity contribution is -0.0105. The normalized spacial score (nSPS) is 19.0. The maximum Gasteiger partial charge on any atom is 0.291 e. The Morgan fingerprint density at radius 1 is 1.31 bits per heavy atom. The quantitative estimate of drug-likeness (QED) is 0.746. The van der Waals surface area contributed by atoms with Crippen LogP contribution in [0, 0.1) is 17.2 Å². The number of H-pyrrole nitrogens is 1. The summed E-state index contributed by atoms with van der Waals surface area (Å²) < 4.78 is 5.66. The minimum Gasteiger partial charge on any atom is -0.381 e. The number of benzene rings is 1. The molecule has 0 bridgehead atoms. The average molecular weight is 437 g/mol. The lowest BCUT2D eigenvalue weighted by Crippen LogP contribution is -2.46. The number of ether oxygens (including phenoxy) is 1. The first-order valence-corrected chi connectivity index (χ1v) is 11.3. The number of hydrogen-bond acceptors (Lipinski definition) is 6. The van der Waals surface area contributed by atoms with Gasteiger partial charge in [-0.2, -0.15) is 5.26 Å². The summed E-state index contributed by atoms with van der Waals surface area (Å²) in [5.41, 5.74) is 3.25. The molecule has 0 radical (unpaired) electrons. The van der Waals surface area contributed by atoms with Gasteiger partial charge in [0.05, 0.1) is 17.6 Å². The van der Waals surface area contributed by atoms with Crippen molar-refractivity contribution in [2.75, 3.05) is 50.6 Å². The highest BCUT2D eigenvalue weighted by Crippen LogP contribution is 2.41. The van der Waals surface area contributed by atoms with E-state index in [1.807, 2.05) is 12.1 Å². The standard InChI is InChI=1S/C24H32N6O2/c1-17-6-10-30(11-7-17)21-14-18(24(29(2)3)8-12-32-13-9-24)4-5-20(21)28-23(31)22-26-16-19(15-25)27-22/h4-5,14,16-17H,6-13H2,1-3H3,(H,26,27)(H,28,31). The molecule has 0 aliphatic carbocycles. The number of hydrogen-bond donors (Lipinski definition) is 2. The third-order valence-electron chi connectivity index (χ3n) is 6.99. The molecule has 2 fully saturated rings.